The second-order valence-corrected chi connectivity index (χ2v) is 6.86. The molecule has 0 unspecified atom stereocenters. The molecule has 0 aliphatic heterocycles. The molecule has 0 bridgehead atoms. The van der Waals surface area contributed by atoms with Crippen molar-refractivity contribution in [2.75, 3.05) is 0 Å². The van der Waals surface area contributed by atoms with Crippen molar-refractivity contribution in [3.05, 3.63) is 82.7 Å². The maximum absolute atomic E-state index is 12.3. The lowest BCUT2D eigenvalue weighted by Gasteiger charge is -2.14. The predicted molar refractivity (Wildman–Crippen MR) is 110 cm³/mol. The number of aryl methyl sites for hydroxylation is 2. The first-order valence-electron chi connectivity index (χ1n) is 9.85. The second kappa shape index (κ2) is 9.28. The molecule has 3 rings (SSSR count). The Kier molecular flexibility index (Phi) is 6.54. The van der Waals surface area contributed by atoms with Crippen molar-refractivity contribution in [1.82, 2.24) is 10.6 Å². The third-order valence-electron chi connectivity index (χ3n) is 4.75. The zero-order valence-electron chi connectivity index (χ0n) is 17.0. The van der Waals surface area contributed by atoms with Crippen LogP contribution in [0.2, 0.25) is 0 Å². The van der Waals surface area contributed by atoms with E-state index in [4.69, 9.17) is 8.83 Å². The average molecular weight is 394 g/mol. The van der Waals surface area contributed by atoms with Gasteiger partial charge < -0.3 is 19.5 Å². The van der Waals surface area contributed by atoms with Crippen LogP contribution in [0.4, 0.5) is 0 Å². The van der Waals surface area contributed by atoms with Crippen molar-refractivity contribution in [1.29, 1.82) is 0 Å². The number of hydrogen-bond donors (Lipinski definition) is 2. The number of carbonyl (C=O) groups is 2. The van der Waals surface area contributed by atoms with E-state index in [0.717, 1.165) is 35.5 Å². The molecule has 6 nitrogen and oxygen atoms in total. The van der Waals surface area contributed by atoms with Crippen molar-refractivity contribution in [3.8, 4) is 0 Å². The standard InChI is InChI=1S/C23H26N2O4/c1-4-18-10-12-20(28-18)22(26)24-14-16-6-8-17(9-7-16)15(3)25-23(27)21-13-11-19(5-2)29-21/h6-13,15H,4-5,14H2,1-3H3,(H,24,26)(H,25,27)/t15-/m1/s1. The molecule has 6 heteroatoms. The monoisotopic (exact) mass is 394 g/mol. The Labute approximate surface area is 170 Å². The molecule has 2 heterocycles. The molecule has 2 aromatic heterocycles. The van der Waals surface area contributed by atoms with Crippen LogP contribution in [0.15, 0.2) is 57.4 Å². The van der Waals surface area contributed by atoms with Gasteiger partial charge in [-0.1, -0.05) is 38.1 Å². The lowest BCUT2D eigenvalue weighted by molar-refractivity contribution is 0.0906. The van der Waals surface area contributed by atoms with E-state index in [1.54, 1.807) is 12.1 Å². The first-order valence-corrected chi connectivity index (χ1v) is 9.85. The minimum Gasteiger partial charge on any atom is -0.456 e. The van der Waals surface area contributed by atoms with Crippen molar-refractivity contribution in [2.45, 2.75) is 46.2 Å². The fourth-order valence-electron chi connectivity index (χ4n) is 2.92. The molecular formula is C23H26N2O4. The van der Waals surface area contributed by atoms with Gasteiger partial charge in [-0.05, 0) is 42.3 Å². The molecule has 0 aliphatic carbocycles. The van der Waals surface area contributed by atoms with Gasteiger partial charge in [0.2, 0.25) is 0 Å². The van der Waals surface area contributed by atoms with Gasteiger partial charge in [0.25, 0.3) is 11.8 Å². The molecule has 29 heavy (non-hydrogen) atoms. The van der Waals surface area contributed by atoms with Gasteiger partial charge in [-0.25, -0.2) is 0 Å². The predicted octanol–water partition coefficient (Wildman–Crippen LogP) is 4.42. The summed E-state index contributed by atoms with van der Waals surface area (Å²) in [7, 11) is 0. The Hall–Kier alpha value is -3.28. The topological polar surface area (TPSA) is 84.5 Å². The Bertz CT molecular complexity index is 969. The first kappa shape index (κ1) is 20.5. The van der Waals surface area contributed by atoms with Crippen LogP contribution in [0, 0.1) is 0 Å². The Morgan fingerprint density at radius 1 is 0.828 bits per heavy atom. The van der Waals surface area contributed by atoms with Crippen molar-refractivity contribution < 1.29 is 18.4 Å². The first-order chi connectivity index (χ1) is 14.0. The van der Waals surface area contributed by atoms with Gasteiger partial charge in [-0.2, -0.15) is 0 Å². The van der Waals surface area contributed by atoms with E-state index in [1.807, 2.05) is 57.2 Å². The summed E-state index contributed by atoms with van der Waals surface area (Å²) in [5.41, 5.74) is 1.93. The molecule has 2 N–H and O–H groups in total. The molecule has 2 amide bonds. The summed E-state index contributed by atoms with van der Waals surface area (Å²) in [5, 5.41) is 5.78. The van der Waals surface area contributed by atoms with Gasteiger partial charge in [-0.3, -0.25) is 9.59 Å². The summed E-state index contributed by atoms with van der Waals surface area (Å²) in [6.07, 6.45) is 1.50. The fourth-order valence-corrected chi connectivity index (χ4v) is 2.92. The zero-order chi connectivity index (χ0) is 20.8. The van der Waals surface area contributed by atoms with E-state index >= 15 is 0 Å². The highest BCUT2D eigenvalue weighted by Crippen LogP contribution is 2.16. The number of furan rings is 2. The summed E-state index contributed by atoms with van der Waals surface area (Å²) < 4.78 is 10.9. The Morgan fingerprint density at radius 3 is 1.90 bits per heavy atom. The summed E-state index contributed by atoms with van der Waals surface area (Å²) in [4.78, 5) is 24.4. The van der Waals surface area contributed by atoms with Gasteiger partial charge in [0.15, 0.2) is 11.5 Å². The highest BCUT2D eigenvalue weighted by Gasteiger charge is 2.15. The van der Waals surface area contributed by atoms with E-state index < -0.39 is 0 Å². The van der Waals surface area contributed by atoms with E-state index in [-0.39, 0.29) is 17.9 Å². The molecule has 0 saturated carbocycles. The van der Waals surface area contributed by atoms with E-state index in [1.165, 1.54) is 0 Å². The van der Waals surface area contributed by atoms with Gasteiger partial charge in [0, 0.05) is 19.4 Å². The van der Waals surface area contributed by atoms with E-state index in [9.17, 15) is 9.59 Å². The molecule has 0 saturated heterocycles. The molecule has 152 valence electrons. The third-order valence-corrected chi connectivity index (χ3v) is 4.75. The van der Waals surface area contributed by atoms with Gasteiger partial charge >= 0.3 is 0 Å². The molecule has 1 aromatic carbocycles. The number of hydrogen-bond acceptors (Lipinski definition) is 4. The number of rotatable bonds is 8. The van der Waals surface area contributed by atoms with Crippen LogP contribution in [0.25, 0.3) is 0 Å². The fraction of sp³-hybridized carbons (Fsp3) is 0.304. The van der Waals surface area contributed by atoms with Crippen LogP contribution in [0.3, 0.4) is 0 Å². The third kappa shape index (κ3) is 5.16. The largest absolute Gasteiger partial charge is 0.456 e. The summed E-state index contributed by atoms with van der Waals surface area (Å²) in [5.74, 6) is 1.74. The van der Waals surface area contributed by atoms with Crippen molar-refractivity contribution in [2.24, 2.45) is 0 Å². The SMILES string of the molecule is CCc1ccc(C(=O)NCc2ccc([C@@H](C)NC(=O)c3ccc(CC)o3)cc2)o1. The normalized spacial score (nSPS) is 11.8. The maximum Gasteiger partial charge on any atom is 0.287 e. The maximum atomic E-state index is 12.3. The average Bonchev–Trinajstić information content (AvgIpc) is 3.41. The molecule has 0 spiro atoms. The molecule has 1 atom stereocenters. The van der Waals surface area contributed by atoms with Crippen LogP contribution in [0.1, 0.15) is 70.6 Å². The highest BCUT2D eigenvalue weighted by atomic mass is 16.4. The zero-order valence-corrected chi connectivity index (χ0v) is 17.0. The lowest BCUT2D eigenvalue weighted by Crippen LogP contribution is -2.26. The molecular weight excluding hydrogens is 368 g/mol. The summed E-state index contributed by atoms with van der Waals surface area (Å²) in [6, 6.07) is 14.6. The summed E-state index contributed by atoms with van der Waals surface area (Å²) in [6.45, 7) is 6.27. The number of carbonyl (C=O) groups excluding carboxylic acids is 2. The van der Waals surface area contributed by atoms with Crippen molar-refractivity contribution >= 4 is 11.8 Å². The second-order valence-electron chi connectivity index (χ2n) is 6.86. The van der Waals surface area contributed by atoms with Gasteiger partial charge in [0.1, 0.15) is 11.5 Å². The number of nitrogens with one attached hydrogen (secondary N) is 2. The lowest BCUT2D eigenvalue weighted by atomic mass is 10.1. The number of benzene rings is 1. The van der Waals surface area contributed by atoms with E-state index in [0.29, 0.717) is 18.1 Å². The molecule has 0 aliphatic rings. The molecule has 0 fully saturated rings. The van der Waals surface area contributed by atoms with Gasteiger partial charge in [0.05, 0.1) is 6.04 Å². The smallest absolute Gasteiger partial charge is 0.287 e. The van der Waals surface area contributed by atoms with Crippen LogP contribution in [-0.2, 0) is 19.4 Å². The minimum atomic E-state index is -0.238. The highest BCUT2D eigenvalue weighted by molar-refractivity contribution is 5.92. The van der Waals surface area contributed by atoms with Gasteiger partial charge in [-0.15, -0.1) is 0 Å². The van der Waals surface area contributed by atoms with Crippen LogP contribution in [0.5, 0.6) is 0 Å². The Balaban J connectivity index is 1.53. The van der Waals surface area contributed by atoms with Crippen molar-refractivity contribution in [3.63, 3.8) is 0 Å². The quantitative estimate of drug-likeness (QED) is 0.592. The number of amides is 2. The minimum absolute atomic E-state index is 0.170. The molecule has 0 radical (unpaired) electrons. The van der Waals surface area contributed by atoms with Crippen LogP contribution >= 0.6 is 0 Å². The molecule has 3 aromatic rings. The van der Waals surface area contributed by atoms with Crippen LogP contribution in [-0.4, -0.2) is 11.8 Å². The van der Waals surface area contributed by atoms with Crippen LogP contribution < -0.4 is 10.6 Å². The summed E-state index contributed by atoms with van der Waals surface area (Å²) >= 11 is 0. The van der Waals surface area contributed by atoms with E-state index in [2.05, 4.69) is 10.6 Å². The Morgan fingerprint density at radius 2 is 1.38 bits per heavy atom.